The minimum absolute atomic E-state index is 0.196. The number of ether oxygens (including phenoxy) is 2. The third-order valence-corrected chi connectivity index (χ3v) is 4.19. The maximum Gasteiger partial charge on any atom is 0.263 e. The molecule has 0 saturated carbocycles. The zero-order valence-electron chi connectivity index (χ0n) is 16.4. The summed E-state index contributed by atoms with van der Waals surface area (Å²) >= 11 is 0. The van der Waals surface area contributed by atoms with Crippen LogP contribution in [-0.4, -0.2) is 41.2 Å². The normalized spacial score (nSPS) is 11.7. The highest BCUT2D eigenvalue weighted by Crippen LogP contribution is 2.21. The van der Waals surface area contributed by atoms with Crippen LogP contribution in [0, 0.1) is 6.92 Å². The summed E-state index contributed by atoms with van der Waals surface area (Å²) in [6.07, 6.45) is -0.670. The summed E-state index contributed by atoms with van der Waals surface area (Å²) in [7, 11) is 3.25. The molecule has 7 nitrogen and oxygen atoms in total. The van der Waals surface area contributed by atoms with Crippen molar-refractivity contribution in [1.29, 1.82) is 0 Å². The molecule has 0 fully saturated rings. The quantitative estimate of drug-likeness (QED) is 0.624. The Labute approximate surface area is 163 Å². The van der Waals surface area contributed by atoms with Crippen LogP contribution < -0.4 is 9.47 Å². The Hall–Kier alpha value is -3.35. The third-order valence-electron chi connectivity index (χ3n) is 4.19. The summed E-state index contributed by atoms with van der Waals surface area (Å²) in [6.45, 7) is 3.90. The summed E-state index contributed by atoms with van der Waals surface area (Å²) in [5, 5.41) is 4.00. The van der Waals surface area contributed by atoms with Gasteiger partial charge < -0.3 is 18.9 Å². The number of hydrogen-bond donors (Lipinski definition) is 0. The van der Waals surface area contributed by atoms with E-state index in [9.17, 15) is 4.79 Å². The van der Waals surface area contributed by atoms with Gasteiger partial charge in [-0.2, -0.15) is 4.98 Å². The largest absolute Gasteiger partial charge is 0.497 e. The molecule has 0 N–H and O–H groups in total. The molecule has 1 atom stereocenters. The van der Waals surface area contributed by atoms with Gasteiger partial charge in [0.1, 0.15) is 11.5 Å². The first-order valence-corrected chi connectivity index (χ1v) is 8.91. The monoisotopic (exact) mass is 381 g/mol. The molecule has 28 heavy (non-hydrogen) atoms. The van der Waals surface area contributed by atoms with Crippen LogP contribution in [0.4, 0.5) is 0 Å². The van der Waals surface area contributed by atoms with Crippen molar-refractivity contribution in [1.82, 2.24) is 15.0 Å². The number of amides is 1. The average molecular weight is 381 g/mol. The van der Waals surface area contributed by atoms with Crippen molar-refractivity contribution in [2.45, 2.75) is 26.5 Å². The lowest BCUT2D eigenvalue weighted by Crippen LogP contribution is -2.37. The molecule has 0 radical (unpaired) electrons. The summed E-state index contributed by atoms with van der Waals surface area (Å²) < 4.78 is 16.2. The van der Waals surface area contributed by atoms with E-state index >= 15 is 0 Å². The van der Waals surface area contributed by atoms with Gasteiger partial charge >= 0.3 is 0 Å². The van der Waals surface area contributed by atoms with Gasteiger partial charge in [0.15, 0.2) is 6.10 Å². The molecule has 1 aromatic heterocycles. The Bertz CT molecular complexity index is 954. The van der Waals surface area contributed by atoms with Crippen LogP contribution >= 0.6 is 0 Å². The van der Waals surface area contributed by atoms with Gasteiger partial charge in [0, 0.05) is 18.7 Å². The molecule has 2 aromatic carbocycles. The second kappa shape index (κ2) is 8.56. The number of methoxy groups -OCH3 is 1. The first-order chi connectivity index (χ1) is 13.5. The third kappa shape index (κ3) is 4.68. The predicted molar refractivity (Wildman–Crippen MR) is 104 cm³/mol. The second-order valence-corrected chi connectivity index (χ2v) is 6.51. The average Bonchev–Trinajstić information content (AvgIpc) is 3.16. The van der Waals surface area contributed by atoms with Gasteiger partial charge in [-0.15, -0.1) is 0 Å². The van der Waals surface area contributed by atoms with E-state index in [0.29, 0.717) is 23.2 Å². The van der Waals surface area contributed by atoms with Gasteiger partial charge in [0.2, 0.25) is 11.7 Å². The first kappa shape index (κ1) is 19.4. The number of hydrogen-bond acceptors (Lipinski definition) is 6. The molecule has 3 rings (SSSR count). The fourth-order valence-electron chi connectivity index (χ4n) is 2.74. The first-order valence-electron chi connectivity index (χ1n) is 8.91. The number of carbonyl (C=O) groups is 1. The molecule has 0 aliphatic rings. The molecule has 7 heteroatoms. The fraction of sp³-hybridized carbons (Fsp3) is 0.286. The Kier molecular flexibility index (Phi) is 5.93. The van der Waals surface area contributed by atoms with Gasteiger partial charge in [-0.05, 0) is 32.0 Å². The molecule has 0 unspecified atom stereocenters. The van der Waals surface area contributed by atoms with E-state index in [2.05, 4.69) is 10.1 Å². The molecule has 0 saturated heterocycles. The zero-order valence-corrected chi connectivity index (χ0v) is 16.4. The highest BCUT2D eigenvalue weighted by molar-refractivity contribution is 5.80. The minimum atomic E-state index is -0.670. The molecular formula is C21H23N3O4. The summed E-state index contributed by atoms with van der Waals surface area (Å²) in [4.78, 5) is 18.5. The summed E-state index contributed by atoms with van der Waals surface area (Å²) in [6, 6.07) is 15.0. The zero-order chi connectivity index (χ0) is 20.1. The Balaban J connectivity index is 1.62. The Morgan fingerprint density at radius 3 is 2.68 bits per heavy atom. The number of carbonyl (C=O) groups excluding carboxylic acids is 1. The molecule has 1 amide bonds. The number of aryl methyl sites for hydroxylation is 1. The molecule has 3 aromatic rings. The maximum atomic E-state index is 12.6. The van der Waals surface area contributed by atoms with Crippen molar-refractivity contribution in [3.05, 3.63) is 60.0 Å². The van der Waals surface area contributed by atoms with Crippen molar-refractivity contribution in [2.24, 2.45) is 0 Å². The van der Waals surface area contributed by atoms with Crippen LogP contribution in [0.2, 0.25) is 0 Å². The molecule has 0 aliphatic carbocycles. The lowest BCUT2D eigenvalue weighted by molar-refractivity contribution is -0.137. The Morgan fingerprint density at radius 1 is 1.18 bits per heavy atom. The van der Waals surface area contributed by atoms with Crippen molar-refractivity contribution in [3.8, 4) is 22.9 Å². The highest BCUT2D eigenvalue weighted by Gasteiger charge is 2.21. The number of aromatic nitrogens is 2. The number of rotatable bonds is 7. The second-order valence-electron chi connectivity index (χ2n) is 6.51. The van der Waals surface area contributed by atoms with Crippen LogP contribution in [0.5, 0.6) is 11.5 Å². The summed E-state index contributed by atoms with van der Waals surface area (Å²) in [5.41, 5.74) is 1.98. The highest BCUT2D eigenvalue weighted by atomic mass is 16.5. The van der Waals surface area contributed by atoms with Gasteiger partial charge in [-0.3, -0.25) is 4.79 Å². The van der Waals surface area contributed by atoms with Crippen LogP contribution in [0.3, 0.4) is 0 Å². The van der Waals surface area contributed by atoms with E-state index in [-0.39, 0.29) is 12.5 Å². The number of likely N-dealkylation sites (N-methyl/N-ethyl adjacent to an activating group) is 1. The van der Waals surface area contributed by atoms with Crippen LogP contribution in [-0.2, 0) is 11.3 Å². The van der Waals surface area contributed by atoms with Crippen molar-refractivity contribution in [2.75, 3.05) is 14.2 Å². The molecule has 1 heterocycles. The standard InChI is InChI=1S/C21H23N3O4/c1-14-7-5-8-16(11-14)20-22-19(28-23-20)13-24(3)21(25)15(2)27-18-10-6-9-17(12-18)26-4/h5-12,15H,13H2,1-4H3/t15-/m0/s1. The molecule has 0 spiro atoms. The molecule has 0 bridgehead atoms. The van der Waals surface area contributed by atoms with E-state index in [0.717, 1.165) is 11.1 Å². The van der Waals surface area contributed by atoms with E-state index in [1.54, 1.807) is 39.3 Å². The lowest BCUT2D eigenvalue weighted by atomic mass is 10.1. The van der Waals surface area contributed by atoms with Crippen molar-refractivity contribution >= 4 is 5.91 Å². The minimum Gasteiger partial charge on any atom is -0.497 e. The van der Waals surface area contributed by atoms with E-state index in [1.807, 2.05) is 37.3 Å². The van der Waals surface area contributed by atoms with Crippen molar-refractivity contribution in [3.63, 3.8) is 0 Å². The van der Waals surface area contributed by atoms with Crippen LogP contribution in [0.1, 0.15) is 18.4 Å². The van der Waals surface area contributed by atoms with E-state index < -0.39 is 6.10 Å². The summed E-state index contributed by atoms with van der Waals surface area (Å²) in [5.74, 6) is 1.90. The van der Waals surface area contributed by atoms with Gasteiger partial charge in [0.05, 0.1) is 13.7 Å². The SMILES string of the molecule is COc1cccc(O[C@@H](C)C(=O)N(C)Cc2nc(-c3cccc(C)c3)no2)c1. The molecule has 0 aliphatic heterocycles. The number of nitrogens with zero attached hydrogens (tertiary/aromatic N) is 3. The van der Waals surface area contributed by atoms with Gasteiger partial charge in [-0.1, -0.05) is 35.0 Å². The van der Waals surface area contributed by atoms with Crippen LogP contribution in [0.25, 0.3) is 11.4 Å². The maximum absolute atomic E-state index is 12.6. The molecular weight excluding hydrogens is 358 g/mol. The predicted octanol–water partition coefficient (Wildman–Crippen LogP) is 3.48. The topological polar surface area (TPSA) is 77.7 Å². The number of benzene rings is 2. The van der Waals surface area contributed by atoms with Gasteiger partial charge in [0.25, 0.3) is 5.91 Å². The fourth-order valence-corrected chi connectivity index (χ4v) is 2.74. The Morgan fingerprint density at radius 2 is 1.93 bits per heavy atom. The van der Waals surface area contributed by atoms with Crippen molar-refractivity contribution < 1.29 is 18.8 Å². The molecule has 146 valence electrons. The smallest absolute Gasteiger partial charge is 0.263 e. The van der Waals surface area contributed by atoms with E-state index in [4.69, 9.17) is 14.0 Å². The lowest BCUT2D eigenvalue weighted by Gasteiger charge is -2.20. The van der Waals surface area contributed by atoms with E-state index in [1.165, 1.54) is 4.90 Å². The van der Waals surface area contributed by atoms with Gasteiger partial charge in [-0.25, -0.2) is 0 Å². The van der Waals surface area contributed by atoms with Crippen LogP contribution in [0.15, 0.2) is 53.1 Å².